The molecule has 0 spiro atoms. The molecule has 0 amide bonds. The summed E-state index contributed by atoms with van der Waals surface area (Å²) in [5.41, 5.74) is 0. The number of hydrogen-bond donors (Lipinski definition) is 7. The van der Waals surface area contributed by atoms with Crippen LogP contribution in [0.3, 0.4) is 0 Å². The monoisotopic (exact) mass is 382 g/mol. The first-order chi connectivity index (χ1) is 10.3. The van der Waals surface area contributed by atoms with Crippen LogP contribution in [0.2, 0.25) is 0 Å². The second-order valence-electron chi connectivity index (χ2n) is 4.04. The van der Waals surface area contributed by atoms with E-state index in [-0.39, 0.29) is 38.7 Å². The van der Waals surface area contributed by atoms with Crippen molar-refractivity contribution in [3.8, 4) is 0 Å². The van der Waals surface area contributed by atoms with E-state index in [9.17, 15) is 4.57 Å². The Hall–Kier alpha value is -0.0900. The first-order valence-corrected chi connectivity index (χ1v) is 9.36. The summed E-state index contributed by atoms with van der Waals surface area (Å²) in [5, 5.41) is 22.7. The molecule has 0 rings (SSSR count). The molecule has 0 aliphatic rings. The molecular weight excluding hydrogens is 339 g/mol. The SMILES string of the molecule is CCCCCCCCOP(=O)(O)O.CCO.CCO.CCO.N.N. The quantitative estimate of drug-likeness (QED) is 0.243. The summed E-state index contributed by atoms with van der Waals surface area (Å²) in [6.07, 6.45) is 6.48. The number of aliphatic hydroxyl groups is 3. The zero-order valence-corrected chi connectivity index (χ0v) is 16.9. The van der Waals surface area contributed by atoms with Crippen molar-refractivity contribution in [2.75, 3.05) is 26.4 Å². The fourth-order valence-corrected chi connectivity index (χ4v) is 1.43. The summed E-state index contributed by atoms with van der Waals surface area (Å²) in [5.74, 6) is 0. The minimum atomic E-state index is -4.23. The van der Waals surface area contributed by atoms with Gasteiger partial charge in [-0.1, -0.05) is 39.0 Å². The molecule has 0 bridgehead atoms. The normalized spacial score (nSPS) is 8.71. The van der Waals surface area contributed by atoms with Crippen molar-refractivity contribution in [1.82, 2.24) is 12.3 Å². The maximum absolute atomic E-state index is 10.2. The Labute approximate surface area is 147 Å². The molecular formula is C14H43N2O7P. The third kappa shape index (κ3) is 97.5. The lowest BCUT2D eigenvalue weighted by molar-refractivity contribution is 0.193. The second kappa shape index (κ2) is 38.5. The average Bonchev–Trinajstić information content (AvgIpc) is 2.39. The van der Waals surface area contributed by atoms with Crippen molar-refractivity contribution in [1.29, 1.82) is 0 Å². The van der Waals surface area contributed by atoms with Crippen molar-refractivity contribution in [3.05, 3.63) is 0 Å². The highest BCUT2D eigenvalue weighted by molar-refractivity contribution is 7.46. The van der Waals surface area contributed by atoms with Crippen LogP contribution in [0, 0.1) is 0 Å². The van der Waals surface area contributed by atoms with Crippen LogP contribution in [0.4, 0.5) is 0 Å². The molecule has 0 aromatic heterocycles. The third-order valence-corrected chi connectivity index (χ3v) is 2.28. The molecule has 0 radical (unpaired) electrons. The second-order valence-corrected chi connectivity index (χ2v) is 5.28. The van der Waals surface area contributed by atoms with Crippen molar-refractivity contribution >= 4 is 7.82 Å². The topological polar surface area (TPSA) is 197 Å². The maximum atomic E-state index is 10.2. The van der Waals surface area contributed by atoms with Crippen LogP contribution in [0.25, 0.3) is 0 Å². The first kappa shape index (κ1) is 39.1. The average molecular weight is 382 g/mol. The lowest BCUT2D eigenvalue weighted by Crippen LogP contribution is -1.92. The van der Waals surface area contributed by atoms with Gasteiger partial charge in [0.25, 0.3) is 0 Å². The van der Waals surface area contributed by atoms with Crippen LogP contribution >= 0.6 is 7.82 Å². The zero-order valence-electron chi connectivity index (χ0n) is 16.0. The summed E-state index contributed by atoms with van der Waals surface area (Å²) < 4.78 is 14.5. The molecule has 24 heavy (non-hydrogen) atoms. The van der Waals surface area contributed by atoms with Gasteiger partial charge in [-0.15, -0.1) is 0 Å². The molecule has 0 aliphatic heterocycles. The van der Waals surface area contributed by atoms with Gasteiger partial charge in [0.1, 0.15) is 0 Å². The number of rotatable bonds is 8. The molecule has 10 heteroatoms. The molecule has 0 aliphatic carbocycles. The Bertz CT molecular complexity index is 203. The molecule has 0 saturated carbocycles. The predicted molar refractivity (Wildman–Crippen MR) is 99.7 cm³/mol. The van der Waals surface area contributed by atoms with Gasteiger partial charge in [0.15, 0.2) is 0 Å². The van der Waals surface area contributed by atoms with E-state index < -0.39 is 7.82 Å². The fraction of sp³-hybridized carbons (Fsp3) is 1.00. The largest absolute Gasteiger partial charge is 0.469 e. The minimum Gasteiger partial charge on any atom is -0.397 e. The lowest BCUT2D eigenvalue weighted by atomic mass is 10.1. The Morgan fingerprint density at radius 1 is 0.708 bits per heavy atom. The van der Waals surface area contributed by atoms with E-state index in [0.29, 0.717) is 0 Å². The van der Waals surface area contributed by atoms with Crippen molar-refractivity contribution in [2.24, 2.45) is 0 Å². The maximum Gasteiger partial charge on any atom is 0.469 e. The van der Waals surface area contributed by atoms with Crippen LogP contribution in [-0.4, -0.2) is 51.5 Å². The van der Waals surface area contributed by atoms with Crippen LogP contribution in [0.15, 0.2) is 0 Å². The summed E-state index contributed by atoms with van der Waals surface area (Å²) in [6.45, 7) is 8.10. The molecule has 0 saturated heterocycles. The highest BCUT2D eigenvalue weighted by atomic mass is 31.2. The lowest BCUT2D eigenvalue weighted by Gasteiger charge is -2.04. The molecule has 11 N–H and O–H groups in total. The Kier molecular flexibility index (Phi) is 62.7. The van der Waals surface area contributed by atoms with Crippen molar-refractivity contribution in [2.45, 2.75) is 66.2 Å². The summed E-state index contributed by atoms with van der Waals surface area (Å²) in [7, 11) is -4.23. The van der Waals surface area contributed by atoms with Crippen LogP contribution in [-0.2, 0) is 9.09 Å². The van der Waals surface area contributed by atoms with Gasteiger partial charge in [-0.05, 0) is 27.2 Å². The highest BCUT2D eigenvalue weighted by Gasteiger charge is 2.12. The summed E-state index contributed by atoms with van der Waals surface area (Å²) in [6, 6.07) is 0. The van der Waals surface area contributed by atoms with Crippen molar-refractivity contribution < 1.29 is 34.2 Å². The van der Waals surface area contributed by atoms with Gasteiger partial charge < -0.3 is 37.4 Å². The number of aliphatic hydroxyl groups excluding tert-OH is 3. The summed E-state index contributed by atoms with van der Waals surface area (Å²) >= 11 is 0. The molecule has 9 nitrogen and oxygen atoms in total. The van der Waals surface area contributed by atoms with E-state index in [1.54, 1.807) is 20.8 Å². The van der Waals surface area contributed by atoms with Gasteiger partial charge in [-0.25, -0.2) is 4.57 Å². The molecule has 0 fully saturated rings. The Balaban J connectivity index is -0.0000000619. The van der Waals surface area contributed by atoms with Gasteiger partial charge in [0.2, 0.25) is 0 Å². The van der Waals surface area contributed by atoms with E-state index in [2.05, 4.69) is 11.4 Å². The van der Waals surface area contributed by atoms with E-state index in [0.717, 1.165) is 19.3 Å². The van der Waals surface area contributed by atoms with Gasteiger partial charge in [0, 0.05) is 19.8 Å². The van der Waals surface area contributed by atoms with Crippen LogP contribution in [0.1, 0.15) is 66.2 Å². The highest BCUT2D eigenvalue weighted by Crippen LogP contribution is 2.35. The first-order valence-electron chi connectivity index (χ1n) is 7.83. The molecule has 0 aromatic rings. The molecule has 0 unspecified atom stereocenters. The van der Waals surface area contributed by atoms with E-state index in [4.69, 9.17) is 25.1 Å². The third-order valence-electron chi connectivity index (χ3n) is 1.76. The smallest absolute Gasteiger partial charge is 0.397 e. The molecule has 0 atom stereocenters. The van der Waals surface area contributed by atoms with Crippen LogP contribution in [0.5, 0.6) is 0 Å². The number of hydrogen-bond acceptors (Lipinski definition) is 7. The molecule has 0 aromatic carbocycles. The van der Waals surface area contributed by atoms with E-state index in [1.807, 2.05) is 0 Å². The fourth-order valence-electron chi connectivity index (χ4n) is 1.07. The van der Waals surface area contributed by atoms with E-state index >= 15 is 0 Å². The molecule has 0 heterocycles. The van der Waals surface area contributed by atoms with Gasteiger partial charge in [-0.2, -0.15) is 0 Å². The Morgan fingerprint density at radius 3 is 1.29 bits per heavy atom. The molecule has 156 valence electrons. The predicted octanol–water partition coefficient (Wildman–Crippen LogP) is 2.78. The standard InChI is InChI=1S/C8H19O4P.3C2H6O.2H3N/c1-2-3-4-5-6-7-8-12-13(9,10)11;3*1-2-3;;/h2-8H2,1H3,(H2,9,10,11);3*3H,2H2,1H3;2*1H3. The minimum absolute atomic E-state index is 0. The number of unbranched alkanes of at least 4 members (excludes halogenated alkanes) is 5. The zero-order chi connectivity index (χ0) is 18.3. The van der Waals surface area contributed by atoms with Crippen LogP contribution < -0.4 is 12.3 Å². The van der Waals surface area contributed by atoms with E-state index in [1.165, 1.54) is 19.3 Å². The Morgan fingerprint density at radius 2 is 1.00 bits per heavy atom. The van der Waals surface area contributed by atoms with Gasteiger partial charge in [0.05, 0.1) is 6.61 Å². The summed E-state index contributed by atoms with van der Waals surface area (Å²) in [4.78, 5) is 16.7. The van der Waals surface area contributed by atoms with Gasteiger partial charge >= 0.3 is 7.82 Å². The number of phosphoric acid groups is 1. The van der Waals surface area contributed by atoms with Crippen molar-refractivity contribution in [3.63, 3.8) is 0 Å². The number of phosphoric ester groups is 1. The van der Waals surface area contributed by atoms with Gasteiger partial charge in [-0.3, -0.25) is 4.52 Å².